The van der Waals surface area contributed by atoms with E-state index in [1.807, 2.05) is 44.3 Å². The number of carbonyl (C=O) groups is 1. The molecule has 0 unspecified atom stereocenters. The van der Waals surface area contributed by atoms with Crippen LogP contribution in [0.2, 0.25) is 0 Å². The minimum atomic E-state index is -0.374. The molecule has 2 rings (SSSR count). The Bertz CT molecular complexity index is 576. The van der Waals surface area contributed by atoms with Gasteiger partial charge in [0, 0.05) is 23.7 Å². The molecular weight excluding hydrogens is 240 g/mol. The maximum absolute atomic E-state index is 12.4. The molecule has 0 bridgehead atoms. The maximum Gasteiger partial charge on any atom is 0.253 e. The second-order valence-electron chi connectivity index (χ2n) is 5.09. The number of hydrogen-bond donors (Lipinski definition) is 3. The number of amides is 1. The van der Waals surface area contributed by atoms with Crippen molar-refractivity contribution in [1.29, 1.82) is 0 Å². The molecule has 4 nitrogen and oxygen atoms in total. The lowest BCUT2D eigenvalue weighted by molar-refractivity contribution is 0.0887. The molecular formula is C15H20N2O2. The second-order valence-corrected chi connectivity index (χ2v) is 5.09. The van der Waals surface area contributed by atoms with Gasteiger partial charge in [0.2, 0.25) is 0 Å². The number of para-hydroxylation sites is 1. The normalized spacial score (nSPS) is 14.3. The molecule has 0 radical (unpaired) electrons. The number of aromatic nitrogens is 1. The zero-order valence-corrected chi connectivity index (χ0v) is 11.4. The molecule has 0 fully saturated rings. The molecule has 102 valence electrons. The van der Waals surface area contributed by atoms with Crippen LogP contribution in [0.3, 0.4) is 0 Å². The monoisotopic (exact) mass is 260 g/mol. The highest BCUT2D eigenvalue weighted by Gasteiger charge is 2.25. The van der Waals surface area contributed by atoms with Crippen molar-refractivity contribution in [1.82, 2.24) is 10.3 Å². The average Bonchev–Trinajstić information content (AvgIpc) is 2.86. The zero-order chi connectivity index (χ0) is 13.9. The molecule has 0 aliphatic rings. The van der Waals surface area contributed by atoms with Crippen LogP contribution < -0.4 is 5.32 Å². The van der Waals surface area contributed by atoms with E-state index < -0.39 is 0 Å². The van der Waals surface area contributed by atoms with Gasteiger partial charge in [-0.3, -0.25) is 4.79 Å². The minimum Gasteiger partial charge on any atom is -0.396 e. The lowest BCUT2D eigenvalue weighted by Crippen LogP contribution is -2.46. The van der Waals surface area contributed by atoms with Crippen molar-refractivity contribution in [3.63, 3.8) is 0 Å². The molecule has 1 heterocycles. The fraction of sp³-hybridized carbons (Fsp3) is 0.400. The Kier molecular flexibility index (Phi) is 3.90. The summed E-state index contributed by atoms with van der Waals surface area (Å²) < 4.78 is 0. The van der Waals surface area contributed by atoms with E-state index in [1.54, 1.807) is 0 Å². The molecule has 0 aliphatic carbocycles. The standard InChI is InChI=1S/C15H20N2O2/c1-3-15(2,8-10-18)17-14(19)12-6-4-5-11-7-9-16-13(11)12/h4-7,9,16,18H,3,8,10H2,1-2H3,(H,17,19)/t15-/m0/s1. The SMILES string of the molecule is CC[C@@](C)(CCO)NC(=O)c1cccc2cc[nH]c12. The number of nitrogens with one attached hydrogen (secondary N) is 2. The first-order valence-corrected chi connectivity index (χ1v) is 6.59. The number of aliphatic hydroxyl groups excluding tert-OH is 1. The first-order chi connectivity index (χ1) is 9.09. The number of H-pyrrole nitrogens is 1. The first kappa shape index (κ1) is 13.6. The first-order valence-electron chi connectivity index (χ1n) is 6.59. The number of benzene rings is 1. The van der Waals surface area contributed by atoms with Gasteiger partial charge < -0.3 is 15.4 Å². The van der Waals surface area contributed by atoms with Gasteiger partial charge in [0.05, 0.1) is 11.1 Å². The van der Waals surface area contributed by atoms with E-state index in [1.165, 1.54) is 0 Å². The molecule has 3 N–H and O–H groups in total. The summed E-state index contributed by atoms with van der Waals surface area (Å²) in [5, 5.41) is 13.1. The van der Waals surface area contributed by atoms with Crippen molar-refractivity contribution in [2.24, 2.45) is 0 Å². The van der Waals surface area contributed by atoms with E-state index in [9.17, 15) is 4.79 Å². The van der Waals surface area contributed by atoms with E-state index in [2.05, 4.69) is 10.3 Å². The van der Waals surface area contributed by atoms with Crippen molar-refractivity contribution < 1.29 is 9.90 Å². The molecule has 1 aromatic carbocycles. The predicted octanol–water partition coefficient (Wildman–Crippen LogP) is 2.45. The molecule has 1 amide bonds. The van der Waals surface area contributed by atoms with Gasteiger partial charge in [-0.15, -0.1) is 0 Å². The van der Waals surface area contributed by atoms with Gasteiger partial charge in [0.25, 0.3) is 5.91 Å². The Balaban J connectivity index is 2.27. The van der Waals surface area contributed by atoms with Crippen LogP contribution in [0.15, 0.2) is 30.5 Å². The van der Waals surface area contributed by atoms with Gasteiger partial charge in [-0.25, -0.2) is 0 Å². The predicted molar refractivity (Wildman–Crippen MR) is 76.2 cm³/mol. The quantitative estimate of drug-likeness (QED) is 0.773. The number of hydrogen-bond acceptors (Lipinski definition) is 2. The summed E-state index contributed by atoms with van der Waals surface area (Å²) in [6.07, 6.45) is 3.16. The van der Waals surface area contributed by atoms with Crippen molar-refractivity contribution in [2.75, 3.05) is 6.61 Å². The molecule has 0 saturated carbocycles. The summed E-state index contributed by atoms with van der Waals surface area (Å²) in [4.78, 5) is 15.5. The fourth-order valence-corrected chi connectivity index (χ4v) is 2.19. The summed E-state index contributed by atoms with van der Waals surface area (Å²) in [7, 11) is 0. The van der Waals surface area contributed by atoms with Gasteiger partial charge in [0.1, 0.15) is 0 Å². The summed E-state index contributed by atoms with van der Waals surface area (Å²) in [6, 6.07) is 7.60. The Morgan fingerprint density at radius 1 is 1.42 bits per heavy atom. The number of aromatic amines is 1. The average molecular weight is 260 g/mol. The van der Waals surface area contributed by atoms with Gasteiger partial charge in [-0.1, -0.05) is 19.1 Å². The third-order valence-corrected chi connectivity index (χ3v) is 3.69. The van der Waals surface area contributed by atoms with Crippen LogP contribution in [-0.2, 0) is 0 Å². The highest BCUT2D eigenvalue weighted by molar-refractivity contribution is 6.05. The van der Waals surface area contributed by atoms with Crippen LogP contribution in [0.4, 0.5) is 0 Å². The van der Waals surface area contributed by atoms with Gasteiger partial charge in [-0.2, -0.15) is 0 Å². The highest BCUT2D eigenvalue weighted by Crippen LogP contribution is 2.19. The maximum atomic E-state index is 12.4. The number of aliphatic hydroxyl groups is 1. The van der Waals surface area contributed by atoms with Crippen LogP contribution in [0, 0.1) is 0 Å². The van der Waals surface area contributed by atoms with Gasteiger partial charge in [0.15, 0.2) is 0 Å². The zero-order valence-electron chi connectivity index (χ0n) is 11.4. The van der Waals surface area contributed by atoms with E-state index in [0.717, 1.165) is 17.3 Å². The van der Waals surface area contributed by atoms with Crippen molar-refractivity contribution in [2.45, 2.75) is 32.2 Å². The number of rotatable bonds is 5. The largest absolute Gasteiger partial charge is 0.396 e. The number of carbonyl (C=O) groups excluding carboxylic acids is 1. The Labute approximate surface area is 112 Å². The molecule has 1 atom stereocenters. The molecule has 0 aliphatic heterocycles. The molecule has 2 aromatic rings. The van der Waals surface area contributed by atoms with Crippen molar-refractivity contribution in [3.05, 3.63) is 36.0 Å². The smallest absolute Gasteiger partial charge is 0.253 e. The lowest BCUT2D eigenvalue weighted by atomic mass is 9.94. The van der Waals surface area contributed by atoms with Crippen molar-refractivity contribution in [3.8, 4) is 0 Å². The second kappa shape index (κ2) is 5.45. The summed E-state index contributed by atoms with van der Waals surface area (Å²) >= 11 is 0. The van der Waals surface area contributed by atoms with E-state index in [0.29, 0.717) is 12.0 Å². The van der Waals surface area contributed by atoms with Gasteiger partial charge in [-0.05, 0) is 31.9 Å². The summed E-state index contributed by atoms with van der Waals surface area (Å²) in [6.45, 7) is 4.03. The van der Waals surface area contributed by atoms with Crippen LogP contribution in [-0.4, -0.2) is 28.1 Å². The fourth-order valence-electron chi connectivity index (χ4n) is 2.19. The molecule has 4 heteroatoms. The Morgan fingerprint density at radius 3 is 2.89 bits per heavy atom. The van der Waals surface area contributed by atoms with Crippen LogP contribution in [0.25, 0.3) is 10.9 Å². The molecule has 0 spiro atoms. The minimum absolute atomic E-state index is 0.0668. The number of fused-ring (bicyclic) bond motifs is 1. The van der Waals surface area contributed by atoms with Crippen LogP contribution in [0.5, 0.6) is 0 Å². The van der Waals surface area contributed by atoms with Crippen LogP contribution >= 0.6 is 0 Å². The summed E-state index contributed by atoms with van der Waals surface area (Å²) in [5.41, 5.74) is 1.11. The molecule has 1 aromatic heterocycles. The van der Waals surface area contributed by atoms with Crippen LogP contribution in [0.1, 0.15) is 37.0 Å². The van der Waals surface area contributed by atoms with E-state index >= 15 is 0 Å². The third-order valence-electron chi connectivity index (χ3n) is 3.69. The van der Waals surface area contributed by atoms with E-state index in [4.69, 9.17) is 5.11 Å². The third kappa shape index (κ3) is 2.79. The Morgan fingerprint density at radius 2 is 2.21 bits per heavy atom. The van der Waals surface area contributed by atoms with Gasteiger partial charge >= 0.3 is 0 Å². The Hall–Kier alpha value is -1.81. The molecule has 0 saturated heterocycles. The topological polar surface area (TPSA) is 65.1 Å². The van der Waals surface area contributed by atoms with Crippen molar-refractivity contribution >= 4 is 16.8 Å². The van der Waals surface area contributed by atoms with E-state index in [-0.39, 0.29) is 18.1 Å². The molecule has 19 heavy (non-hydrogen) atoms. The summed E-state index contributed by atoms with van der Waals surface area (Å²) in [5.74, 6) is -0.106. The highest BCUT2D eigenvalue weighted by atomic mass is 16.3. The lowest BCUT2D eigenvalue weighted by Gasteiger charge is -2.29.